The molecule has 2 amide bonds. The van der Waals surface area contributed by atoms with Gasteiger partial charge in [0.05, 0.1) is 11.9 Å². The van der Waals surface area contributed by atoms with E-state index in [1.165, 1.54) is 4.90 Å². The zero-order valence-electron chi connectivity index (χ0n) is 22.1. The van der Waals surface area contributed by atoms with Gasteiger partial charge in [0.1, 0.15) is 12.6 Å². The third kappa shape index (κ3) is 7.09. The summed E-state index contributed by atoms with van der Waals surface area (Å²) in [6.45, 7) is 7.43. The molecule has 0 heterocycles. The molecule has 36 heavy (non-hydrogen) atoms. The van der Waals surface area contributed by atoms with Crippen LogP contribution in [0, 0.1) is 20.8 Å². The number of carbonyl (C=O) groups excluding carboxylic acids is 2. The Labute approximate surface area is 215 Å². The number of nitrogens with zero attached hydrogens (tertiary/aromatic N) is 2. The minimum Gasteiger partial charge on any atom is -0.352 e. The molecule has 196 valence electrons. The van der Waals surface area contributed by atoms with Gasteiger partial charge in [0.2, 0.25) is 21.8 Å². The highest BCUT2D eigenvalue weighted by Crippen LogP contribution is 2.25. The lowest BCUT2D eigenvalue weighted by atomic mass is 10.1. The predicted molar refractivity (Wildman–Crippen MR) is 144 cm³/mol. The Morgan fingerprint density at radius 3 is 2.19 bits per heavy atom. The van der Waals surface area contributed by atoms with E-state index >= 15 is 0 Å². The average Bonchev–Trinajstić information content (AvgIpc) is 3.32. The Kier molecular flexibility index (Phi) is 9.17. The van der Waals surface area contributed by atoms with Gasteiger partial charge in [-0.15, -0.1) is 0 Å². The Hall–Kier alpha value is -2.87. The fraction of sp³-hybridized carbons (Fsp3) is 0.500. The number of hydrogen-bond donors (Lipinski definition) is 1. The van der Waals surface area contributed by atoms with E-state index in [1.807, 2.05) is 64.1 Å². The van der Waals surface area contributed by atoms with Crippen LogP contribution in [-0.4, -0.2) is 50.0 Å². The van der Waals surface area contributed by atoms with Crippen LogP contribution < -0.4 is 9.62 Å². The van der Waals surface area contributed by atoms with Gasteiger partial charge in [-0.2, -0.15) is 0 Å². The number of sulfonamides is 1. The third-order valence-corrected chi connectivity index (χ3v) is 8.00. The summed E-state index contributed by atoms with van der Waals surface area (Å²) >= 11 is 0. The average molecular weight is 514 g/mol. The summed E-state index contributed by atoms with van der Waals surface area (Å²) in [5.74, 6) is -0.585. The molecule has 3 rings (SSSR count). The van der Waals surface area contributed by atoms with Gasteiger partial charge in [0.25, 0.3) is 0 Å². The van der Waals surface area contributed by atoms with E-state index in [0.717, 1.165) is 58.5 Å². The lowest BCUT2D eigenvalue weighted by Gasteiger charge is -2.33. The maximum Gasteiger partial charge on any atom is 0.244 e. The normalized spacial score (nSPS) is 14.9. The van der Waals surface area contributed by atoms with E-state index in [0.29, 0.717) is 12.1 Å². The van der Waals surface area contributed by atoms with Gasteiger partial charge in [0, 0.05) is 12.6 Å². The summed E-state index contributed by atoms with van der Waals surface area (Å²) in [5.41, 5.74) is 4.12. The molecule has 1 fully saturated rings. The van der Waals surface area contributed by atoms with Gasteiger partial charge in [-0.25, -0.2) is 8.42 Å². The molecule has 0 saturated heterocycles. The molecule has 1 saturated carbocycles. The van der Waals surface area contributed by atoms with Crippen molar-refractivity contribution in [2.45, 2.75) is 78.4 Å². The molecule has 8 heteroatoms. The van der Waals surface area contributed by atoms with Crippen LogP contribution in [0.1, 0.15) is 61.3 Å². The van der Waals surface area contributed by atoms with Gasteiger partial charge >= 0.3 is 0 Å². The van der Waals surface area contributed by atoms with Crippen molar-refractivity contribution in [3.05, 3.63) is 64.7 Å². The first-order chi connectivity index (χ1) is 17.0. The van der Waals surface area contributed by atoms with Gasteiger partial charge in [-0.05, 0) is 62.8 Å². The summed E-state index contributed by atoms with van der Waals surface area (Å²) in [6.07, 6.45) is 5.61. The molecule has 2 aromatic carbocycles. The molecule has 0 radical (unpaired) electrons. The maximum atomic E-state index is 13.8. The molecule has 0 spiro atoms. The quantitative estimate of drug-likeness (QED) is 0.515. The van der Waals surface area contributed by atoms with Crippen LogP contribution in [-0.2, 0) is 26.2 Å². The number of carbonyl (C=O) groups is 2. The molecule has 2 aromatic rings. The highest BCUT2D eigenvalue weighted by molar-refractivity contribution is 7.92. The van der Waals surface area contributed by atoms with Crippen molar-refractivity contribution >= 4 is 27.5 Å². The molecule has 0 bridgehead atoms. The fourth-order valence-electron chi connectivity index (χ4n) is 4.76. The van der Waals surface area contributed by atoms with Crippen LogP contribution in [0.4, 0.5) is 5.69 Å². The van der Waals surface area contributed by atoms with E-state index in [4.69, 9.17) is 0 Å². The lowest BCUT2D eigenvalue weighted by molar-refractivity contribution is -0.140. The van der Waals surface area contributed by atoms with Crippen molar-refractivity contribution in [2.24, 2.45) is 0 Å². The second-order valence-corrected chi connectivity index (χ2v) is 11.9. The van der Waals surface area contributed by atoms with Crippen molar-refractivity contribution in [1.82, 2.24) is 10.2 Å². The lowest BCUT2D eigenvalue weighted by Crippen LogP contribution is -2.53. The number of aryl methyl sites for hydroxylation is 3. The second kappa shape index (κ2) is 11.9. The topological polar surface area (TPSA) is 86.8 Å². The monoisotopic (exact) mass is 513 g/mol. The Morgan fingerprint density at radius 2 is 1.61 bits per heavy atom. The van der Waals surface area contributed by atoms with E-state index in [2.05, 4.69) is 5.32 Å². The predicted octanol–water partition coefficient (Wildman–Crippen LogP) is 4.24. The number of anilines is 1. The summed E-state index contributed by atoms with van der Waals surface area (Å²) in [6, 6.07) is 12.8. The van der Waals surface area contributed by atoms with E-state index in [-0.39, 0.29) is 25.0 Å². The zero-order valence-corrected chi connectivity index (χ0v) is 22.9. The summed E-state index contributed by atoms with van der Waals surface area (Å²) in [4.78, 5) is 28.7. The fourth-order valence-corrected chi connectivity index (χ4v) is 5.66. The van der Waals surface area contributed by atoms with Crippen molar-refractivity contribution in [3.63, 3.8) is 0 Å². The molecule has 1 aliphatic carbocycles. The largest absolute Gasteiger partial charge is 0.352 e. The van der Waals surface area contributed by atoms with E-state index in [9.17, 15) is 18.0 Å². The molecule has 1 N–H and O–H groups in total. The Balaban J connectivity index is 1.94. The number of amides is 2. The SMILES string of the molecule is CC[C@H](C(=O)NC1CCCC1)N(Cc1ccc(C)cc1)C(=O)CN(c1cc(C)ccc1C)S(C)(=O)=O. The van der Waals surface area contributed by atoms with Crippen molar-refractivity contribution in [2.75, 3.05) is 17.1 Å². The van der Waals surface area contributed by atoms with Gasteiger partial charge < -0.3 is 10.2 Å². The molecule has 1 aliphatic rings. The summed E-state index contributed by atoms with van der Waals surface area (Å²) in [7, 11) is -3.75. The van der Waals surface area contributed by atoms with Crippen molar-refractivity contribution < 1.29 is 18.0 Å². The molecule has 0 unspecified atom stereocenters. The zero-order chi connectivity index (χ0) is 26.5. The number of nitrogens with one attached hydrogen (secondary N) is 1. The van der Waals surface area contributed by atoms with Crippen LogP contribution in [0.2, 0.25) is 0 Å². The molecule has 0 aliphatic heterocycles. The highest BCUT2D eigenvalue weighted by atomic mass is 32.2. The molecular weight excluding hydrogens is 474 g/mol. The van der Waals surface area contributed by atoms with Crippen LogP contribution in [0.5, 0.6) is 0 Å². The van der Waals surface area contributed by atoms with E-state index < -0.39 is 22.0 Å². The first-order valence-electron chi connectivity index (χ1n) is 12.7. The van der Waals surface area contributed by atoms with Crippen LogP contribution in [0.15, 0.2) is 42.5 Å². The van der Waals surface area contributed by atoms with Crippen LogP contribution >= 0.6 is 0 Å². The number of benzene rings is 2. The summed E-state index contributed by atoms with van der Waals surface area (Å²) in [5, 5.41) is 3.13. The van der Waals surface area contributed by atoms with Gasteiger partial charge in [-0.1, -0.05) is 61.7 Å². The van der Waals surface area contributed by atoms with Crippen molar-refractivity contribution in [3.8, 4) is 0 Å². The smallest absolute Gasteiger partial charge is 0.244 e. The van der Waals surface area contributed by atoms with Crippen molar-refractivity contribution in [1.29, 1.82) is 0 Å². The standard InChI is InChI=1S/C28H39N3O4S/c1-6-25(28(33)29-24-9-7-8-10-24)30(18-23-15-12-20(2)13-16-23)27(32)19-31(36(5,34)35)26-17-21(3)11-14-22(26)4/h11-17,24-25H,6-10,18-19H2,1-5H3,(H,29,33)/t25-/m1/s1. The van der Waals surface area contributed by atoms with E-state index in [1.54, 1.807) is 6.07 Å². The molecule has 1 atom stereocenters. The first kappa shape index (κ1) is 27.7. The minimum absolute atomic E-state index is 0.130. The minimum atomic E-state index is -3.75. The van der Waals surface area contributed by atoms with Gasteiger partial charge in [0.15, 0.2) is 0 Å². The molecule has 7 nitrogen and oxygen atoms in total. The molecular formula is C28H39N3O4S. The molecule has 0 aromatic heterocycles. The highest BCUT2D eigenvalue weighted by Gasteiger charge is 2.33. The second-order valence-electron chi connectivity index (χ2n) is 9.98. The Bertz CT molecular complexity index is 1170. The van der Waals surface area contributed by atoms with Crippen LogP contribution in [0.25, 0.3) is 0 Å². The number of hydrogen-bond acceptors (Lipinski definition) is 4. The van der Waals surface area contributed by atoms with Gasteiger partial charge in [-0.3, -0.25) is 13.9 Å². The Morgan fingerprint density at radius 1 is 1.00 bits per heavy atom. The first-order valence-corrected chi connectivity index (χ1v) is 14.5. The number of rotatable bonds is 10. The third-order valence-electron chi connectivity index (χ3n) is 6.87. The van der Waals surface area contributed by atoms with Crippen LogP contribution in [0.3, 0.4) is 0 Å². The summed E-state index contributed by atoms with van der Waals surface area (Å²) < 4.78 is 26.8. The maximum absolute atomic E-state index is 13.8.